The Hall–Kier alpha value is -1.14. The molecule has 0 spiro atoms. The van der Waals surface area contributed by atoms with E-state index >= 15 is 0 Å². The first-order valence-electron chi connectivity index (χ1n) is 5.81. The highest BCUT2D eigenvalue weighted by molar-refractivity contribution is 9.10. The summed E-state index contributed by atoms with van der Waals surface area (Å²) < 4.78 is 2.57. The molecule has 0 aliphatic carbocycles. The number of nitrogens with one attached hydrogen (secondary N) is 1. The van der Waals surface area contributed by atoms with Gasteiger partial charge in [0.2, 0.25) is 0 Å². The molecule has 0 amide bonds. The molecule has 6 heteroatoms. The maximum atomic E-state index is 9.34. The van der Waals surface area contributed by atoms with Gasteiger partial charge < -0.3 is 10.4 Å². The van der Waals surface area contributed by atoms with E-state index in [0.29, 0.717) is 0 Å². The van der Waals surface area contributed by atoms with Crippen molar-refractivity contribution in [3.8, 4) is 0 Å². The Morgan fingerprint density at radius 2 is 2.28 bits per heavy atom. The fourth-order valence-electron chi connectivity index (χ4n) is 1.48. The van der Waals surface area contributed by atoms with Gasteiger partial charge in [-0.15, -0.1) is 0 Å². The van der Waals surface area contributed by atoms with Crippen molar-refractivity contribution >= 4 is 27.4 Å². The van der Waals surface area contributed by atoms with Crippen LogP contribution in [0.1, 0.15) is 20.8 Å². The molecular weight excluding hydrogens is 296 g/mol. The Morgan fingerprint density at radius 1 is 1.56 bits per heavy atom. The molecular formula is C12H17BrN4O. The third-order valence-corrected chi connectivity index (χ3v) is 3.83. The molecule has 2 N–H and O–H groups in total. The first-order valence-corrected chi connectivity index (χ1v) is 6.60. The van der Waals surface area contributed by atoms with Crippen molar-refractivity contribution in [2.24, 2.45) is 5.41 Å². The molecule has 0 fully saturated rings. The molecule has 5 nitrogen and oxygen atoms in total. The van der Waals surface area contributed by atoms with Gasteiger partial charge in [-0.3, -0.25) is 0 Å². The average molecular weight is 313 g/mol. The minimum absolute atomic E-state index is 0.110. The predicted molar refractivity (Wildman–Crippen MR) is 74.6 cm³/mol. The molecule has 0 saturated heterocycles. The average Bonchev–Trinajstić information content (AvgIpc) is 2.71. The summed E-state index contributed by atoms with van der Waals surface area (Å²) in [6.45, 7) is 6.18. The van der Waals surface area contributed by atoms with Crippen molar-refractivity contribution in [2.45, 2.75) is 26.8 Å². The van der Waals surface area contributed by atoms with E-state index in [9.17, 15) is 5.11 Å². The summed E-state index contributed by atoms with van der Waals surface area (Å²) >= 11 is 3.41. The highest BCUT2D eigenvalue weighted by Gasteiger charge is 2.25. The molecule has 0 aliphatic rings. The monoisotopic (exact) mass is 312 g/mol. The number of nitrogens with zero attached hydrogens (tertiary/aromatic N) is 3. The number of halogens is 1. The molecule has 2 rings (SSSR count). The lowest BCUT2D eigenvalue weighted by Crippen LogP contribution is -2.36. The fourth-order valence-corrected chi connectivity index (χ4v) is 1.84. The van der Waals surface area contributed by atoms with Crippen LogP contribution < -0.4 is 5.32 Å². The van der Waals surface area contributed by atoms with E-state index in [1.54, 1.807) is 10.7 Å². The van der Waals surface area contributed by atoms with Crippen molar-refractivity contribution in [3.05, 3.63) is 22.9 Å². The van der Waals surface area contributed by atoms with Crippen LogP contribution in [-0.2, 0) is 0 Å². The summed E-state index contributed by atoms with van der Waals surface area (Å²) in [5.41, 5.74) is 0.569. The van der Waals surface area contributed by atoms with E-state index in [4.69, 9.17) is 0 Å². The number of fused-ring (bicyclic) bond motifs is 1. The van der Waals surface area contributed by atoms with E-state index in [1.165, 1.54) is 0 Å². The van der Waals surface area contributed by atoms with Gasteiger partial charge in [0.15, 0.2) is 5.65 Å². The van der Waals surface area contributed by atoms with E-state index in [-0.39, 0.29) is 18.1 Å². The number of hydrogen-bond donors (Lipinski definition) is 2. The molecule has 0 saturated carbocycles. The van der Waals surface area contributed by atoms with Crippen LogP contribution in [-0.4, -0.2) is 32.4 Å². The van der Waals surface area contributed by atoms with Crippen LogP contribution in [0.5, 0.6) is 0 Å². The third kappa shape index (κ3) is 2.49. The Balaban J connectivity index is 2.24. The summed E-state index contributed by atoms with van der Waals surface area (Å²) in [5, 5.41) is 16.8. The molecule has 1 unspecified atom stereocenters. The highest BCUT2D eigenvalue weighted by Crippen LogP contribution is 2.23. The second-order valence-corrected chi connectivity index (χ2v) is 5.94. The quantitative estimate of drug-likeness (QED) is 0.909. The zero-order valence-electron chi connectivity index (χ0n) is 10.7. The summed E-state index contributed by atoms with van der Waals surface area (Å²) in [6.07, 6.45) is 3.57. The number of hydrogen-bond acceptors (Lipinski definition) is 4. The summed E-state index contributed by atoms with van der Waals surface area (Å²) in [7, 11) is 0. The van der Waals surface area contributed by atoms with E-state index in [1.807, 2.05) is 33.0 Å². The summed E-state index contributed by atoms with van der Waals surface area (Å²) in [4.78, 5) is 4.48. The second-order valence-electron chi connectivity index (χ2n) is 5.09. The first-order chi connectivity index (χ1) is 8.44. The van der Waals surface area contributed by atoms with Crippen LogP contribution >= 0.6 is 15.9 Å². The highest BCUT2D eigenvalue weighted by atomic mass is 79.9. The normalized spacial score (nSPS) is 13.8. The Labute approximate surface area is 114 Å². The van der Waals surface area contributed by atoms with Gasteiger partial charge in [-0.25, -0.2) is 9.50 Å². The molecule has 0 aromatic carbocycles. The molecule has 2 aromatic rings. The lowest BCUT2D eigenvalue weighted by molar-refractivity contribution is 0.144. The van der Waals surface area contributed by atoms with Crippen molar-refractivity contribution in [1.82, 2.24) is 14.6 Å². The van der Waals surface area contributed by atoms with Crippen LogP contribution in [0.15, 0.2) is 22.9 Å². The molecule has 98 valence electrons. The van der Waals surface area contributed by atoms with Crippen molar-refractivity contribution < 1.29 is 5.11 Å². The van der Waals surface area contributed by atoms with E-state index < -0.39 is 0 Å². The van der Waals surface area contributed by atoms with Gasteiger partial charge in [0.25, 0.3) is 0 Å². The fraction of sp³-hybridized carbons (Fsp3) is 0.500. The standard InChI is InChI=1S/C12H17BrN4O/c1-8(12(2,3)7-18)15-10-4-5-17-11(16-10)9(13)6-14-17/h4-6,8,18H,7H2,1-3H3,(H,15,16). The number of aromatic nitrogens is 3. The van der Waals surface area contributed by atoms with Gasteiger partial charge in [0.05, 0.1) is 17.3 Å². The number of rotatable bonds is 4. The minimum Gasteiger partial charge on any atom is -0.396 e. The Bertz CT molecular complexity index is 552. The predicted octanol–water partition coefficient (Wildman–Crippen LogP) is 2.31. The first kappa shape index (κ1) is 13.3. The molecule has 2 aromatic heterocycles. The van der Waals surface area contributed by atoms with Crippen molar-refractivity contribution in [3.63, 3.8) is 0 Å². The van der Waals surface area contributed by atoms with Crippen molar-refractivity contribution in [2.75, 3.05) is 11.9 Å². The molecule has 18 heavy (non-hydrogen) atoms. The SMILES string of the molecule is CC(Nc1ccn2ncc(Br)c2n1)C(C)(C)CO. The van der Waals surface area contributed by atoms with Crippen molar-refractivity contribution in [1.29, 1.82) is 0 Å². The smallest absolute Gasteiger partial charge is 0.171 e. The van der Waals surface area contributed by atoms with Crippen LogP contribution in [0.3, 0.4) is 0 Å². The maximum Gasteiger partial charge on any atom is 0.171 e. The van der Waals surface area contributed by atoms with Gasteiger partial charge in [-0.1, -0.05) is 13.8 Å². The van der Waals surface area contributed by atoms with E-state index in [2.05, 4.69) is 31.3 Å². The second kappa shape index (κ2) is 4.85. The minimum atomic E-state index is -0.203. The molecule has 0 radical (unpaired) electrons. The van der Waals surface area contributed by atoms with Gasteiger partial charge >= 0.3 is 0 Å². The summed E-state index contributed by atoms with van der Waals surface area (Å²) in [5.74, 6) is 0.776. The molecule has 0 bridgehead atoms. The van der Waals surface area contributed by atoms with Crippen LogP contribution in [0.2, 0.25) is 0 Å². The topological polar surface area (TPSA) is 62.5 Å². The summed E-state index contributed by atoms with van der Waals surface area (Å²) in [6, 6.07) is 1.98. The van der Waals surface area contributed by atoms with Crippen LogP contribution in [0.4, 0.5) is 5.82 Å². The lowest BCUT2D eigenvalue weighted by Gasteiger charge is -2.30. The number of aliphatic hydroxyl groups is 1. The van der Waals surface area contributed by atoms with Gasteiger partial charge in [0, 0.05) is 17.7 Å². The van der Waals surface area contributed by atoms with Gasteiger partial charge in [0.1, 0.15) is 5.82 Å². The number of anilines is 1. The zero-order chi connectivity index (χ0) is 13.3. The maximum absolute atomic E-state index is 9.34. The molecule has 2 heterocycles. The van der Waals surface area contributed by atoms with Crippen LogP contribution in [0.25, 0.3) is 5.65 Å². The Morgan fingerprint density at radius 3 is 2.94 bits per heavy atom. The largest absolute Gasteiger partial charge is 0.396 e. The Kier molecular flexibility index (Phi) is 3.59. The third-order valence-electron chi connectivity index (χ3n) is 3.27. The van der Waals surface area contributed by atoms with Crippen LogP contribution in [0, 0.1) is 5.41 Å². The lowest BCUT2D eigenvalue weighted by atomic mass is 9.86. The van der Waals surface area contributed by atoms with Gasteiger partial charge in [-0.05, 0) is 28.9 Å². The zero-order valence-corrected chi connectivity index (χ0v) is 12.3. The number of aliphatic hydroxyl groups excluding tert-OH is 1. The molecule has 0 aliphatic heterocycles. The molecule has 1 atom stereocenters. The van der Waals surface area contributed by atoms with E-state index in [0.717, 1.165) is 15.9 Å². The van der Waals surface area contributed by atoms with Gasteiger partial charge in [-0.2, -0.15) is 5.10 Å².